The molecule has 4 rings (SSSR count). The van der Waals surface area contributed by atoms with Gasteiger partial charge in [0, 0.05) is 62.8 Å². The van der Waals surface area contributed by atoms with E-state index in [4.69, 9.17) is 9.90 Å². The number of aliphatic carboxylic acids is 1. The monoisotopic (exact) mass is 410 g/mol. The van der Waals surface area contributed by atoms with Crippen molar-refractivity contribution in [2.45, 2.75) is 6.18 Å². The zero-order chi connectivity index (χ0) is 21.0. The van der Waals surface area contributed by atoms with Gasteiger partial charge in [-0.25, -0.2) is 19.7 Å². The largest absolute Gasteiger partial charge is 0.490 e. The molecule has 0 aliphatic carbocycles. The van der Waals surface area contributed by atoms with Crippen molar-refractivity contribution in [1.29, 1.82) is 0 Å². The molecule has 0 bridgehead atoms. The van der Waals surface area contributed by atoms with Gasteiger partial charge in [-0.15, -0.1) is 0 Å². The highest BCUT2D eigenvalue weighted by Gasteiger charge is 2.42. The molecule has 2 aliphatic heterocycles. The number of anilines is 1. The number of carbonyl (C=O) groups is 2. The summed E-state index contributed by atoms with van der Waals surface area (Å²) in [6.45, 7) is 3.34. The lowest BCUT2D eigenvalue weighted by Crippen LogP contribution is -2.34. The number of fused-ring (bicyclic) bond motifs is 1. The second kappa shape index (κ2) is 8.37. The molecule has 0 aromatic carbocycles. The van der Waals surface area contributed by atoms with Crippen LogP contribution in [0.3, 0.4) is 0 Å². The molecule has 2 fully saturated rings. The van der Waals surface area contributed by atoms with Crippen LogP contribution in [-0.2, 0) is 4.79 Å². The fourth-order valence-corrected chi connectivity index (χ4v) is 3.35. The number of hydrogen-bond acceptors (Lipinski definition) is 7. The Balaban J connectivity index is 0.000000298. The summed E-state index contributed by atoms with van der Waals surface area (Å²) in [7, 11) is 0. The summed E-state index contributed by atoms with van der Waals surface area (Å²) in [5, 5.41) is 7.12. The first-order chi connectivity index (χ1) is 13.8. The number of halogens is 3. The highest BCUT2D eigenvalue weighted by molar-refractivity contribution is 5.92. The average molecular weight is 410 g/mol. The lowest BCUT2D eigenvalue weighted by Gasteiger charge is -2.21. The molecule has 2 atom stereocenters. The predicted molar refractivity (Wildman–Crippen MR) is 92.9 cm³/mol. The summed E-state index contributed by atoms with van der Waals surface area (Å²) in [4.78, 5) is 42.1. The number of nitrogens with zero attached hydrogens (tertiary/aromatic N) is 6. The van der Waals surface area contributed by atoms with E-state index in [9.17, 15) is 18.0 Å². The quantitative estimate of drug-likeness (QED) is 0.784. The Morgan fingerprint density at radius 2 is 1.55 bits per heavy atom. The first-order valence-corrected chi connectivity index (χ1v) is 8.63. The molecule has 2 aromatic rings. The fraction of sp³-hybridized carbons (Fsp3) is 0.412. The van der Waals surface area contributed by atoms with Crippen molar-refractivity contribution in [1.82, 2.24) is 24.8 Å². The topological polar surface area (TPSA) is 112 Å². The van der Waals surface area contributed by atoms with Gasteiger partial charge in [-0.3, -0.25) is 9.78 Å². The molecule has 1 N–H and O–H groups in total. The highest BCUT2D eigenvalue weighted by Crippen LogP contribution is 2.33. The number of carboxylic acids is 1. The zero-order valence-corrected chi connectivity index (χ0v) is 15.0. The number of carboxylic acid groups (broad SMARTS) is 1. The van der Waals surface area contributed by atoms with E-state index < -0.39 is 12.1 Å². The Bertz CT molecular complexity index is 838. The Kier molecular flexibility index (Phi) is 5.89. The molecular weight excluding hydrogens is 393 g/mol. The molecule has 154 valence electrons. The standard InChI is InChI=1S/C15H16N6O.C2HF3O2/c22-14(13-6-16-4-5-17-13)20-7-11-9-21(10-12(11)8-20)15-18-2-1-3-19-15;3-2(4,5)1(6)7/h1-6,11-12H,7-10H2;(H,6,7)/t11-,12+;. The Hall–Kier alpha value is -3.31. The second-order valence-electron chi connectivity index (χ2n) is 6.58. The SMILES string of the molecule is O=C(O)C(F)(F)F.O=C(c1cnccn1)N1C[C@@H]2CN(c3ncccn3)C[C@@H]2C1. The average Bonchev–Trinajstić information content (AvgIpc) is 3.28. The number of hydrogen-bond donors (Lipinski definition) is 1. The smallest absolute Gasteiger partial charge is 0.475 e. The fourth-order valence-electron chi connectivity index (χ4n) is 3.35. The maximum absolute atomic E-state index is 12.4. The van der Waals surface area contributed by atoms with E-state index in [1.54, 1.807) is 24.8 Å². The lowest BCUT2D eigenvalue weighted by molar-refractivity contribution is -0.192. The third-order valence-electron chi connectivity index (χ3n) is 4.63. The van der Waals surface area contributed by atoms with Gasteiger partial charge in [0.05, 0.1) is 6.20 Å². The van der Waals surface area contributed by atoms with Crippen molar-refractivity contribution >= 4 is 17.8 Å². The number of likely N-dealkylation sites (tertiary alicyclic amines) is 1. The maximum Gasteiger partial charge on any atom is 0.490 e. The van der Waals surface area contributed by atoms with Crippen molar-refractivity contribution in [2.75, 3.05) is 31.1 Å². The van der Waals surface area contributed by atoms with E-state index in [0.717, 1.165) is 32.1 Å². The zero-order valence-electron chi connectivity index (χ0n) is 15.0. The highest BCUT2D eigenvalue weighted by atomic mass is 19.4. The summed E-state index contributed by atoms with van der Waals surface area (Å²) in [5.74, 6) is -1.05. The van der Waals surface area contributed by atoms with Gasteiger partial charge in [0.25, 0.3) is 5.91 Å². The molecule has 12 heteroatoms. The summed E-state index contributed by atoms with van der Waals surface area (Å²) in [6, 6.07) is 1.82. The third-order valence-corrected chi connectivity index (χ3v) is 4.63. The minimum atomic E-state index is -5.08. The van der Waals surface area contributed by atoms with Gasteiger partial charge in [0.15, 0.2) is 0 Å². The van der Waals surface area contributed by atoms with Crippen LogP contribution in [0.4, 0.5) is 19.1 Å². The number of rotatable bonds is 2. The van der Waals surface area contributed by atoms with Crippen LogP contribution in [0, 0.1) is 11.8 Å². The molecule has 0 radical (unpaired) electrons. The lowest BCUT2D eigenvalue weighted by atomic mass is 10.0. The Morgan fingerprint density at radius 1 is 0.966 bits per heavy atom. The summed E-state index contributed by atoms with van der Waals surface area (Å²) in [6.07, 6.45) is 3.10. The van der Waals surface area contributed by atoms with E-state index in [2.05, 4.69) is 24.8 Å². The van der Waals surface area contributed by atoms with Gasteiger partial charge in [-0.1, -0.05) is 0 Å². The molecule has 0 unspecified atom stereocenters. The molecule has 1 amide bonds. The van der Waals surface area contributed by atoms with E-state index in [-0.39, 0.29) is 5.91 Å². The molecule has 2 saturated heterocycles. The van der Waals surface area contributed by atoms with Gasteiger partial charge in [0.1, 0.15) is 5.69 Å². The van der Waals surface area contributed by atoms with Crippen LogP contribution in [0.5, 0.6) is 0 Å². The summed E-state index contributed by atoms with van der Waals surface area (Å²) < 4.78 is 31.7. The maximum atomic E-state index is 12.4. The normalized spacial score (nSPS) is 20.7. The van der Waals surface area contributed by atoms with E-state index in [1.165, 1.54) is 6.20 Å². The van der Waals surface area contributed by atoms with Crippen molar-refractivity contribution in [3.63, 3.8) is 0 Å². The molecule has 29 heavy (non-hydrogen) atoms. The molecule has 0 saturated carbocycles. The van der Waals surface area contributed by atoms with Gasteiger partial charge in [-0.05, 0) is 6.07 Å². The second-order valence-corrected chi connectivity index (χ2v) is 6.58. The van der Waals surface area contributed by atoms with Gasteiger partial charge < -0.3 is 14.9 Å². The van der Waals surface area contributed by atoms with Crippen molar-refractivity contribution in [3.05, 3.63) is 42.7 Å². The minimum Gasteiger partial charge on any atom is -0.475 e. The minimum absolute atomic E-state index is 0.0231. The number of amides is 1. The summed E-state index contributed by atoms with van der Waals surface area (Å²) >= 11 is 0. The van der Waals surface area contributed by atoms with Crippen LogP contribution < -0.4 is 4.90 Å². The molecule has 2 aliphatic rings. The number of alkyl halides is 3. The number of carbonyl (C=O) groups excluding carboxylic acids is 1. The van der Waals surface area contributed by atoms with Crippen molar-refractivity contribution in [2.24, 2.45) is 11.8 Å². The van der Waals surface area contributed by atoms with E-state index in [1.807, 2.05) is 11.0 Å². The molecule has 0 spiro atoms. The van der Waals surface area contributed by atoms with Gasteiger partial charge in [0.2, 0.25) is 5.95 Å². The Labute approximate surface area is 163 Å². The summed E-state index contributed by atoms with van der Waals surface area (Å²) in [5.41, 5.74) is 0.422. The third kappa shape index (κ3) is 4.95. The Morgan fingerprint density at radius 3 is 2.03 bits per heavy atom. The van der Waals surface area contributed by atoms with Crippen molar-refractivity contribution in [3.8, 4) is 0 Å². The van der Waals surface area contributed by atoms with Crippen LogP contribution >= 0.6 is 0 Å². The first-order valence-electron chi connectivity index (χ1n) is 8.63. The van der Waals surface area contributed by atoms with Crippen LogP contribution in [0.15, 0.2) is 37.1 Å². The van der Waals surface area contributed by atoms with E-state index >= 15 is 0 Å². The molecular formula is C17H17F3N6O3. The van der Waals surface area contributed by atoms with Crippen LogP contribution in [0.2, 0.25) is 0 Å². The van der Waals surface area contributed by atoms with Crippen LogP contribution in [-0.4, -0.2) is 74.2 Å². The van der Waals surface area contributed by atoms with Crippen molar-refractivity contribution < 1.29 is 27.9 Å². The van der Waals surface area contributed by atoms with Gasteiger partial charge in [-0.2, -0.15) is 13.2 Å². The van der Waals surface area contributed by atoms with Crippen LogP contribution in [0.25, 0.3) is 0 Å². The van der Waals surface area contributed by atoms with Gasteiger partial charge >= 0.3 is 12.1 Å². The molecule has 9 nitrogen and oxygen atoms in total. The van der Waals surface area contributed by atoms with E-state index in [0.29, 0.717) is 17.5 Å². The first kappa shape index (κ1) is 20.4. The predicted octanol–water partition coefficient (Wildman–Crippen LogP) is 1.11. The molecule has 2 aromatic heterocycles. The molecule has 4 heterocycles. The van der Waals surface area contributed by atoms with Crippen LogP contribution in [0.1, 0.15) is 10.5 Å². The number of aromatic nitrogens is 4.